The molecule has 4 nitrogen and oxygen atoms in total. The number of imidazole rings is 1. The van der Waals surface area contributed by atoms with Crippen LogP contribution >= 0.6 is 27.3 Å². The van der Waals surface area contributed by atoms with Gasteiger partial charge >= 0.3 is 0 Å². The van der Waals surface area contributed by atoms with Crippen LogP contribution in [-0.2, 0) is 13.5 Å². The van der Waals surface area contributed by atoms with E-state index in [1.807, 2.05) is 29.3 Å². The maximum atomic E-state index is 11.7. The average molecular weight is 314 g/mol. The monoisotopic (exact) mass is 313 g/mol. The van der Waals surface area contributed by atoms with Gasteiger partial charge in [0.1, 0.15) is 5.82 Å². The Hall–Kier alpha value is -1.14. The van der Waals surface area contributed by atoms with Crippen LogP contribution in [0.2, 0.25) is 0 Å². The molecule has 0 fully saturated rings. The highest BCUT2D eigenvalue weighted by molar-refractivity contribution is 9.11. The molecule has 0 aliphatic carbocycles. The first-order valence-electron chi connectivity index (χ1n) is 5.15. The molecule has 0 unspecified atom stereocenters. The fraction of sp³-hybridized carbons (Fsp3) is 0.273. The summed E-state index contributed by atoms with van der Waals surface area (Å²) in [5, 5.41) is 4.70. The molecular weight excluding hydrogens is 302 g/mol. The van der Waals surface area contributed by atoms with Crippen molar-refractivity contribution in [3.05, 3.63) is 39.0 Å². The molecule has 90 valence electrons. The highest BCUT2D eigenvalue weighted by Crippen LogP contribution is 2.20. The summed E-state index contributed by atoms with van der Waals surface area (Å²) >= 11 is 4.84. The molecule has 1 N–H and O–H groups in total. The van der Waals surface area contributed by atoms with E-state index in [1.165, 1.54) is 11.3 Å². The van der Waals surface area contributed by atoms with E-state index in [0.717, 1.165) is 16.0 Å². The van der Waals surface area contributed by atoms with Gasteiger partial charge in [0, 0.05) is 37.8 Å². The Kier molecular flexibility index (Phi) is 3.96. The SMILES string of the molecule is Cn1ccnc1CCNC(=O)c1csc(Br)c1. The number of nitrogens with one attached hydrogen (secondary N) is 1. The van der Waals surface area contributed by atoms with E-state index in [0.29, 0.717) is 12.1 Å². The van der Waals surface area contributed by atoms with Gasteiger partial charge < -0.3 is 9.88 Å². The summed E-state index contributed by atoms with van der Waals surface area (Å²) in [4.78, 5) is 15.9. The fourth-order valence-corrected chi connectivity index (χ4v) is 2.59. The van der Waals surface area contributed by atoms with E-state index >= 15 is 0 Å². The topological polar surface area (TPSA) is 46.9 Å². The van der Waals surface area contributed by atoms with Crippen molar-refractivity contribution >= 4 is 33.2 Å². The molecule has 0 spiro atoms. The summed E-state index contributed by atoms with van der Waals surface area (Å²) in [5.41, 5.74) is 0.696. The molecule has 0 saturated heterocycles. The molecule has 0 saturated carbocycles. The van der Waals surface area contributed by atoms with Gasteiger partial charge in [-0.2, -0.15) is 0 Å². The lowest BCUT2D eigenvalue weighted by Gasteiger charge is -2.03. The lowest BCUT2D eigenvalue weighted by atomic mass is 10.3. The van der Waals surface area contributed by atoms with Crippen LogP contribution in [0.15, 0.2) is 27.6 Å². The van der Waals surface area contributed by atoms with Crippen LogP contribution in [0.5, 0.6) is 0 Å². The minimum Gasteiger partial charge on any atom is -0.352 e. The zero-order valence-corrected chi connectivity index (χ0v) is 11.7. The number of hydrogen-bond acceptors (Lipinski definition) is 3. The second-order valence-corrected chi connectivity index (χ2v) is 5.89. The number of halogens is 1. The zero-order chi connectivity index (χ0) is 12.3. The van der Waals surface area contributed by atoms with Crippen molar-refractivity contribution in [3.8, 4) is 0 Å². The minimum absolute atomic E-state index is 0.0406. The molecule has 0 bridgehead atoms. The summed E-state index contributed by atoms with van der Waals surface area (Å²) in [6, 6.07) is 1.82. The highest BCUT2D eigenvalue weighted by Gasteiger charge is 2.07. The van der Waals surface area contributed by atoms with Gasteiger partial charge in [-0.1, -0.05) is 0 Å². The number of aryl methyl sites for hydroxylation is 1. The minimum atomic E-state index is -0.0406. The van der Waals surface area contributed by atoms with E-state index < -0.39 is 0 Å². The molecule has 0 atom stereocenters. The van der Waals surface area contributed by atoms with Crippen LogP contribution in [0.1, 0.15) is 16.2 Å². The van der Waals surface area contributed by atoms with Gasteiger partial charge in [-0.3, -0.25) is 4.79 Å². The maximum absolute atomic E-state index is 11.7. The molecule has 2 aromatic rings. The first kappa shape index (κ1) is 12.3. The third-order valence-corrected chi connectivity index (χ3v) is 3.89. The van der Waals surface area contributed by atoms with Crippen molar-refractivity contribution < 1.29 is 4.79 Å². The van der Waals surface area contributed by atoms with Crippen molar-refractivity contribution in [1.82, 2.24) is 14.9 Å². The number of amides is 1. The molecule has 2 aromatic heterocycles. The van der Waals surface area contributed by atoms with Gasteiger partial charge in [0.2, 0.25) is 0 Å². The van der Waals surface area contributed by atoms with E-state index in [1.54, 1.807) is 6.20 Å². The standard InChI is InChI=1S/C11H12BrN3OS/c1-15-5-4-13-10(15)2-3-14-11(16)8-6-9(12)17-7-8/h4-7H,2-3H2,1H3,(H,14,16). The Morgan fingerprint density at radius 2 is 2.47 bits per heavy atom. The lowest BCUT2D eigenvalue weighted by molar-refractivity contribution is 0.0954. The molecule has 1 amide bonds. The summed E-state index contributed by atoms with van der Waals surface area (Å²) in [7, 11) is 1.94. The Balaban J connectivity index is 1.83. The largest absolute Gasteiger partial charge is 0.352 e. The molecule has 2 heterocycles. The van der Waals surface area contributed by atoms with Crippen molar-refractivity contribution in [2.75, 3.05) is 6.54 Å². The van der Waals surface area contributed by atoms with Crippen molar-refractivity contribution in [1.29, 1.82) is 0 Å². The number of nitrogens with zero attached hydrogens (tertiary/aromatic N) is 2. The van der Waals surface area contributed by atoms with Crippen molar-refractivity contribution in [2.24, 2.45) is 7.05 Å². The smallest absolute Gasteiger partial charge is 0.252 e. The molecule has 0 aliphatic rings. The molecule has 0 aliphatic heterocycles. The molecule has 2 rings (SSSR count). The molecule has 0 radical (unpaired) electrons. The summed E-state index contributed by atoms with van der Waals surface area (Å²) in [6.45, 7) is 0.594. The lowest BCUT2D eigenvalue weighted by Crippen LogP contribution is -2.25. The van der Waals surface area contributed by atoms with Gasteiger partial charge in [-0.15, -0.1) is 11.3 Å². The van der Waals surface area contributed by atoms with Crippen LogP contribution in [0.4, 0.5) is 0 Å². The molecule has 0 aromatic carbocycles. The predicted octanol–water partition coefficient (Wildman–Crippen LogP) is 2.22. The quantitative estimate of drug-likeness (QED) is 0.940. The Labute approximate surface area is 112 Å². The number of carbonyl (C=O) groups is 1. The Morgan fingerprint density at radius 1 is 1.65 bits per heavy atom. The number of rotatable bonds is 4. The first-order chi connectivity index (χ1) is 8.16. The third kappa shape index (κ3) is 3.17. The normalized spacial score (nSPS) is 10.5. The molecule has 17 heavy (non-hydrogen) atoms. The third-order valence-electron chi connectivity index (χ3n) is 2.38. The Bertz CT molecular complexity index is 520. The van der Waals surface area contributed by atoms with Crippen molar-refractivity contribution in [3.63, 3.8) is 0 Å². The highest BCUT2D eigenvalue weighted by atomic mass is 79.9. The maximum Gasteiger partial charge on any atom is 0.252 e. The van der Waals surface area contributed by atoms with E-state index in [4.69, 9.17) is 0 Å². The zero-order valence-electron chi connectivity index (χ0n) is 9.31. The summed E-state index contributed by atoms with van der Waals surface area (Å²) in [5.74, 6) is 0.929. The first-order valence-corrected chi connectivity index (χ1v) is 6.82. The van der Waals surface area contributed by atoms with Crippen molar-refractivity contribution in [2.45, 2.75) is 6.42 Å². The van der Waals surface area contributed by atoms with E-state index in [2.05, 4.69) is 26.2 Å². The van der Waals surface area contributed by atoms with Crippen LogP contribution in [0.25, 0.3) is 0 Å². The van der Waals surface area contributed by atoms with E-state index in [-0.39, 0.29) is 5.91 Å². The Morgan fingerprint density at radius 3 is 3.06 bits per heavy atom. The summed E-state index contributed by atoms with van der Waals surface area (Å²) in [6.07, 6.45) is 4.39. The van der Waals surface area contributed by atoms with Crippen LogP contribution in [0, 0.1) is 0 Å². The van der Waals surface area contributed by atoms with Crippen LogP contribution in [0.3, 0.4) is 0 Å². The number of aromatic nitrogens is 2. The van der Waals surface area contributed by atoms with Gasteiger partial charge in [0.15, 0.2) is 0 Å². The van der Waals surface area contributed by atoms with E-state index in [9.17, 15) is 4.79 Å². The number of thiophene rings is 1. The average Bonchev–Trinajstić information content (AvgIpc) is 2.88. The van der Waals surface area contributed by atoms with Gasteiger partial charge in [-0.25, -0.2) is 4.98 Å². The van der Waals surface area contributed by atoms with Crippen LogP contribution in [-0.4, -0.2) is 22.0 Å². The fourth-order valence-electron chi connectivity index (χ4n) is 1.46. The summed E-state index contributed by atoms with van der Waals surface area (Å²) < 4.78 is 2.92. The van der Waals surface area contributed by atoms with Gasteiger partial charge in [-0.05, 0) is 22.0 Å². The molecule has 6 heteroatoms. The van der Waals surface area contributed by atoms with Crippen LogP contribution < -0.4 is 5.32 Å². The predicted molar refractivity (Wildman–Crippen MR) is 71.3 cm³/mol. The second-order valence-electron chi connectivity index (χ2n) is 3.60. The number of carbonyl (C=O) groups excluding carboxylic acids is 1. The number of hydrogen-bond donors (Lipinski definition) is 1. The van der Waals surface area contributed by atoms with Gasteiger partial charge in [0.25, 0.3) is 5.91 Å². The molecular formula is C11H12BrN3OS. The second kappa shape index (κ2) is 5.46. The van der Waals surface area contributed by atoms with Gasteiger partial charge in [0.05, 0.1) is 9.35 Å².